The van der Waals surface area contributed by atoms with Crippen molar-refractivity contribution in [3.8, 4) is 0 Å². The molecule has 1 N–H and O–H groups in total. The van der Waals surface area contributed by atoms with E-state index in [-0.39, 0.29) is 0 Å². The Balaban J connectivity index is 1.77. The van der Waals surface area contributed by atoms with Crippen molar-refractivity contribution in [3.63, 3.8) is 0 Å². The van der Waals surface area contributed by atoms with E-state index in [1.165, 1.54) is 48.3 Å². The van der Waals surface area contributed by atoms with Crippen LogP contribution in [0.2, 0.25) is 0 Å². The monoisotopic (exact) mass is 306 g/mol. The maximum atomic E-state index is 10.1. The zero-order valence-electron chi connectivity index (χ0n) is 13.2. The Morgan fingerprint density at radius 3 is 2.76 bits per heavy atom. The van der Waals surface area contributed by atoms with E-state index in [1.54, 1.807) is 5.57 Å². The van der Waals surface area contributed by atoms with Crippen molar-refractivity contribution in [2.24, 2.45) is 0 Å². The minimum Gasteiger partial charge on any atom is -0.368 e. The van der Waals surface area contributed by atoms with Crippen LogP contribution >= 0.6 is 11.8 Å². The molecule has 0 saturated heterocycles. The first kappa shape index (κ1) is 16.2. The van der Waals surface area contributed by atoms with Gasteiger partial charge in [0.05, 0.1) is 5.88 Å². The molecule has 2 aliphatic rings. The second-order valence-corrected chi connectivity index (χ2v) is 6.74. The number of carbonyl (C=O) groups excluding carboxylic acids is 1. The standard InChI is InChI=1S/C17H26N2OS/c1-14-17(21-13-19(14)2)16-9-7-15(8-10-16)6-4-3-5-11-18-12-20/h7,9,12H,3-6,8,10-11,13H2,1-2H3,(H,18,20). The van der Waals surface area contributed by atoms with Gasteiger partial charge in [0.1, 0.15) is 0 Å². The predicted octanol–water partition coefficient (Wildman–Crippen LogP) is 3.81. The van der Waals surface area contributed by atoms with Gasteiger partial charge in [0, 0.05) is 24.2 Å². The molecular weight excluding hydrogens is 280 g/mol. The lowest BCUT2D eigenvalue weighted by molar-refractivity contribution is -0.109. The number of rotatable bonds is 8. The van der Waals surface area contributed by atoms with Crippen LogP contribution < -0.4 is 5.32 Å². The van der Waals surface area contributed by atoms with Crippen LogP contribution in [-0.2, 0) is 4.79 Å². The van der Waals surface area contributed by atoms with Gasteiger partial charge >= 0.3 is 0 Å². The Hall–Kier alpha value is -1.16. The summed E-state index contributed by atoms with van der Waals surface area (Å²) >= 11 is 1.97. The van der Waals surface area contributed by atoms with Crippen molar-refractivity contribution >= 4 is 18.2 Å². The number of nitrogens with one attached hydrogen (secondary N) is 1. The van der Waals surface area contributed by atoms with E-state index in [9.17, 15) is 4.79 Å². The van der Waals surface area contributed by atoms with Crippen LogP contribution in [0.25, 0.3) is 0 Å². The summed E-state index contributed by atoms with van der Waals surface area (Å²) in [6.45, 7) is 3.04. The molecule has 0 spiro atoms. The smallest absolute Gasteiger partial charge is 0.207 e. The lowest BCUT2D eigenvalue weighted by Gasteiger charge is -2.16. The predicted molar refractivity (Wildman–Crippen MR) is 90.9 cm³/mol. The van der Waals surface area contributed by atoms with E-state index >= 15 is 0 Å². The maximum absolute atomic E-state index is 10.1. The van der Waals surface area contributed by atoms with Crippen LogP contribution in [-0.4, -0.2) is 30.8 Å². The summed E-state index contributed by atoms with van der Waals surface area (Å²) < 4.78 is 0. The van der Waals surface area contributed by atoms with Gasteiger partial charge in [0.2, 0.25) is 6.41 Å². The van der Waals surface area contributed by atoms with Crippen LogP contribution in [0.1, 0.15) is 45.4 Å². The summed E-state index contributed by atoms with van der Waals surface area (Å²) in [6.07, 6.45) is 12.6. The van der Waals surface area contributed by atoms with E-state index in [4.69, 9.17) is 0 Å². The summed E-state index contributed by atoms with van der Waals surface area (Å²) in [5.41, 5.74) is 4.52. The van der Waals surface area contributed by atoms with E-state index in [2.05, 4.69) is 36.3 Å². The molecule has 0 aromatic carbocycles. The van der Waals surface area contributed by atoms with Crippen LogP contribution in [0, 0.1) is 0 Å². The molecule has 0 bridgehead atoms. The Morgan fingerprint density at radius 1 is 1.29 bits per heavy atom. The Kier molecular flexibility index (Phi) is 6.43. The number of thioether (sulfide) groups is 1. The molecule has 0 unspecified atom stereocenters. The van der Waals surface area contributed by atoms with Crippen molar-refractivity contribution in [1.82, 2.24) is 10.2 Å². The fourth-order valence-electron chi connectivity index (χ4n) is 2.75. The first-order valence-electron chi connectivity index (χ1n) is 7.83. The van der Waals surface area contributed by atoms with Crippen LogP contribution in [0.5, 0.6) is 0 Å². The van der Waals surface area contributed by atoms with Gasteiger partial charge < -0.3 is 10.2 Å². The van der Waals surface area contributed by atoms with Gasteiger partial charge in [0.15, 0.2) is 0 Å². The van der Waals surface area contributed by atoms with E-state index in [0.29, 0.717) is 0 Å². The Labute approximate surface area is 132 Å². The molecule has 1 heterocycles. The van der Waals surface area contributed by atoms with Crippen LogP contribution in [0.4, 0.5) is 0 Å². The van der Waals surface area contributed by atoms with Crippen molar-refractivity contribution in [2.45, 2.75) is 45.4 Å². The molecule has 0 atom stereocenters. The van der Waals surface area contributed by atoms with Crippen molar-refractivity contribution in [3.05, 3.63) is 33.9 Å². The largest absolute Gasteiger partial charge is 0.368 e. The maximum Gasteiger partial charge on any atom is 0.207 e. The minimum atomic E-state index is 0.783. The normalized spacial score (nSPS) is 18.7. The zero-order valence-corrected chi connectivity index (χ0v) is 14.0. The van der Waals surface area contributed by atoms with Crippen molar-refractivity contribution < 1.29 is 4.79 Å². The number of amides is 1. The molecular formula is C17H26N2OS. The molecule has 1 aliphatic carbocycles. The van der Waals surface area contributed by atoms with E-state index in [1.807, 2.05) is 11.8 Å². The highest BCUT2D eigenvalue weighted by Crippen LogP contribution is 2.39. The van der Waals surface area contributed by atoms with Crippen LogP contribution in [0.3, 0.4) is 0 Å². The molecule has 21 heavy (non-hydrogen) atoms. The molecule has 0 aromatic heterocycles. The van der Waals surface area contributed by atoms with Gasteiger partial charge in [-0.3, -0.25) is 4.79 Å². The zero-order chi connectivity index (χ0) is 15.1. The third-order valence-electron chi connectivity index (χ3n) is 4.23. The van der Waals surface area contributed by atoms with Gasteiger partial charge in [-0.1, -0.05) is 24.1 Å². The molecule has 1 aliphatic heterocycles. The number of nitrogens with zero attached hydrogens (tertiary/aromatic N) is 1. The van der Waals surface area contributed by atoms with Gasteiger partial charge in [0.25, 0.3) is 0 Å². The molecule has 116 valence electrons. The molecule has 1 amide bonds. The summed E-state index contributed by atoms with van der Waals surface area (Å²) in [6, 6.07) is 0. The molecule has 3 nitrogen and oxygen atoms in total. The minimum absolute atomic E-state index is 0.783. The topological polar surface area (TPSA) is 32.3 Å². The Bertz CT molecular complexity index is 465. The number of carbonyl (C=O) groups is 1. The fourth-order valence-corrected chi connectivity index (χ4v) is 3.99. The second kappa shape index (κ2) is 8.32. The summed E-state index contributed by atoms with van der Waals surface area (Å²) in [5, 5.41) is 2.72. The third kappa shape index (κ3) is 4.67. The first-order valence-corrected chi connectivity index (χ1v) is 8.81. The average molecular weight is 306 g/mol. The molecule has 0 aromatic rings. The van der Waals surface area contributed by atoms with Gasteiger partial charge in [-0.25, -0.2) is 0 Å². The van der Waals surface area contributed by atoms with E-state index in [0.717, 1.165) is 25.3 Å². The first-order chi connectivity index (χ1) is 10.2. The third-order valence-corrected chi connectivity index (χ3v) is 5.60. The lowest BCUT2D eigenvalue weighted by Crippen LogP contribution is -2.11. The number of hydrogen-bond donors (Lipinski definition) is 1. The van der Waals surface area contributed by atoms with E-state index < -0.39 is 0 Å². The lowest BCUT2D eigenvalue weighted by atomic mass is 9.94. The van der Waals surface area contributed by atoms with Crippen molar-refractivity contribution in [1.29, 1.82) is 0 Å². The second-order valence-electron chi connectivity index (χ2n) is 5.79. The number of allylic oxidation sites excluding steroid dienone is 5. The Morgan fingerprint density at radius 2 is 2.14 bits per heavy atom. The number of hydrogen-bond acceptors (Lipinski definition) is 3. The molecule has 2 rings (SSSR count). The SMILES string of the molecule is CC1=C(C2=CC=C(CCCCCNC=O)CC2)SCN1C. The summed E-state index contributed by atoms with van der Waals surface area (Å²) in [7, 11) is 2.17. The molecule has 0 saturated carbocycles. The van der Waals surface area contributed by atoms with Crippen LogP contribution in [0.15, 0.2) is 33.9 Å². The van der Waals surface area contributed by atoms with Gasteiger partial charge in [-0.2, -0.15) is 0 Å². The fraction of sp³-hybridized carbons (Fsp3) is 0.588. The summed E-state index contributed by atoms with van der Waals surface area (Å²) in [4.78, 5) is 14.0. The molecule has 4 heteroatoms. The molecule has 0 fully saturated rings. The summed E-state index contributed by atoms with van der Waals surface area (Å²) in [5.74, 6) is 1.09. The highest BCUT2D eigenvalue weighted by Gasteiger charge is 2.20. The molecule has 0 radical (unpaired) electrons. The number of unbranched alkanes of at least 4 members (excludes halogenated alkanes) is 2. The van der Waals surface area contributed by atoms with Crippen molar-refractivity contribution in [2.75, 3.05) is 19.5 Å². The average Bonchev–Trinajstić information content (AvgIpc) is 2.83. The highest BCUT2D eigenvalue weighted by atomic mass is 32.2. The van der Waals surface area contributed by atoms with Gasteiger partial charge in [-0.15, -0.1) is 11.8 Å². The van der Waals surface area contributed by atoms with Gasteiger partial charge in [-0.05, 0) is 44.6 Å². The quantitative estimate of drug-likeness (QED) is 0.547. The highest BCUT2D eigenvalue weighted by molar-refractivity contribution is 8.03.